The van der Waals surface area contributed by atoms with Gasteiger partial charge in [-0.2, -0.15) is 0 Å². The van der Waals surface area contributed by atoms with Crippen LogP contribution in [0.5, 0.6) is 5.75 Å². The van der Waals surface area contributed by atoms with Crippen molar-refractivity contribution in [1.82, 2.24) is 5.32 Å². The van der Waals surface area contributed by atoms with Gasteiger partial charge in [0, 0.05) is 6.42 Å². The Hall–Kier alpha value is -1.59. The number of benzene rings is 1. The molecule has 0 saturated carbocycles. The average molecular weight is 309 g/mol. The van der Waals surface area contributed by atoms with Crippen LogP contribution in [0.15, 0.2) is 24.3 Å². The zero-order valence-electron chi connectivity index (χ0n) is 14.2. The Morgan fingerprint density at radius 3 is 2.41 bits per heavy atom. The van der Waals surface area contributed by atoms with Crippen LogP contribution < -0.4 is 10.1 Å². The molecule has 0 atom stereocenters. The number of ether oxygens (including phenoxy) is 2. The zero-order valence-corrected chi connectivity index (χ0v) is 14.2. The molecule has 1 rings (SSSR count). The van der Waals surface area contributed by atoms with E-state index in [4.69, 9.17) is 9.47 Å². The number of carbonyl (C=O) groups is 1. The van der Waals surface area contributed by atoms with Crippen molar-refractivity contribution < 1.29 is 18.8 Å². The van der Waals surface area contributed by atoms with Gasteiger partial charge in [-0.15, -0.1) is 0 Å². The van der Waals surface area contributed by atoms with E-state index in [2.05, 4.69) is 26.5 Å². The minimum Gasteiger partial charge on any atom is -0.492 e. The second-order valence-electron chi connectivity index (χ2n) is 6.39. The summed E-state index contributed by atoms with van der Waals surface area (Å²) < 4.78 is 11.9. The van der Waals surface area contributed by atoms with Gasteiger partial charge in [0.25, 0.3) is 0 Å². The van der Waals surface area contributed by atoms with Crippen molar-refractivity contribution in [3.05, 3.63) is 29.8 Å². The molecule has 0 fully saturated rings. The summed E-state index contributed by atoms with van der Waals surface area (Å²) in [5, 5.41) is 2.82. The predicted molar refractivity (Wildman–Crippen MR) is 88.0 cm³/mol. The van der Waals surface area contributed by atoms with Crippen molar-refractivity contribution in [1.29, 1.82) is 0 Å². The highest BCUT2D eigenvalue weighted by Gasteiger charge is 2.06. The van der Waals surface area contributed by atoms with Gasteiger partial charge in [0.15, 0.2) is 0 Å². The molecule has 1 N–H and O–H groups in total. The van der Waals surface area contributed by atoms with Gasteiger partial charge in [-0.05, 0) is 19.1 Å². The van der Waals surface area contributed by atoms with E-state index in [-0.39, 0.29) is 5.91 Å². The highest BCUT2D eigenvalue weighted by Crippen LogP contribution is 2.10. The first-order chi connectivity index (χ1) is 10.4. The van der Waals surface area contributed by atoms with Crippen molar-refractivity contribution in [2.75, 3.05) is 54.1 Å². The molecule has 0 unspecified atom stereocenters. The van der Waals surface area contributed by atoms with Gasteiger partial charge in [-0.25, -0.2) is 0 Å². The Kier molecular flexibility index (Phi) is 7.91. The first-order valence-electron chi connectivity index (χ1n) is 7.71. The summed E-state index contributed by atoms with van der Waals surface area (Å²) in [6.45, 7) is 5.08. The van der Waals surface area contributed by atoms with Crippen molar-refractivity contribution in [2.45, 2.75) is 13.3 Å². The fourth-order valence-electron chi connectivity index (χ4n) is 1.69. The highest BCUT2D eigenvalue weighted by molar-refractivity contribution is 5.75. The van der Waals surface area contributed by atoms with Gasteiger partial charge in [0.1, 0.15) is 18.9 Å². The second-order valence-corrected chi connectivity index (χ2v) is 6.39. The lowest BCUT2D eigenvalue weighted by atomic mass is 10.2. The van der Waals surface area contributed by atoms with Crippen molar-refractivity contribution in [2.24, 2.45) is 0 Å². The fourth-order valence-corrected chi connectivity index (χ4v) is 1.69. The molecular formula is C17H29N2O3+. The summed E-state index contributed by atoms with van der Waals surface area (Å²) in [4.78, 5) is 11.6. The van der Waals surface area contributed by atoms with Crippen LogP contribution in [0, 0.1) is 6.92 Å². The molecule has 1 amide bonds. The van der Waals surface area contributed by atoms with Crippen molar-refractivity contribution >= 4 is 5.91 Å². The van der Waals surface area contributed by atoms with Gasteiger partial charge in [0.2, 0.25) is 5.91 Å². The van der Waals surface area contributed by atoms with Gasteiger partial charge >= 0.3 is 0 Å². The van der Waals surface area contributed by atoms with E-state index >= 15 is 0 Å². The molecule has 22 heavy (non-hydrogen) atoms. The SMILES string of the molecule is Cc1ccc(OCCNC(=O)CCOCC[N+](C)(C)C)cc1. The summed E-state index contributed by atoms with van der Waals surface area (Å²) >= 11 is 0. The molecule has 0 aliphatic heterocycles. The molecule has 1 aromatic carbocycles. The van der Waals surface area contributed by atoms with E-state index in [0.29, 0.717) is 32.8 Å². The second kappa shape index (κ2) is 9.43. The number of nitrogens with zero attached hydrogens (tertiary/aromatic N) is 1. The molecule has 1 aromatic rings. The molecule has 0 saturated heterocycles. The summed E-state index contributed by atoms with van der Waals surface area (Å²) in [6, 6.07) is 7.86. The third-order valence-corrected chi connectivity index (χ3v) is 3.09. The normalized spacial score (nSPS) is 11.3. The summed E-state index contributed by atoms with van der Waals surface area (Å²) in [7, 11) is 6.35. The number of quaternary nitrogens is 1. The lowest BCUT2D eigenvalue weighted by Crippen LogP contribution is -2.37. The van der Waals surface area contributed by atoms with Crippen LogP contribution >= 0.6 is 0 Å². The standard InChI is InChI=1S/C17H28N2O3/c1-15-5-7-16(8-6-15)22-13-10-18-17(20)9-12-21-14-11-19(2,3)4/h5-8H,9-14H2,1-4H3/p+1. The topological polar surface area (TPSA) is 47.6 Å². The molecule has 5 heteroatoms. The number of carbonyl (C=O) groups excluding carboxylic acids is 1. The zero-order chi connectivity index (χ0) is 16.4. The molecule has 5 nitrogen and oxygen atoms in total. The fraction of sp³-hybridized carbons (Fsp3) is 0.588. The smallest absolute Gasteiger partial charge is 0.222 e. The number of aryl methyl sites for hydroxylation is 1. The van der Waals surface area contributed by atoms with Crippen LogP contribution in [0.4, 0.5) is 0 Å². The van der Waals surface area contributed by atoms with Crippen LogP contribution in [0.2, 0.25) is 0 Å². The number of likely N-dealkylation sites (N-methyl/N-ethyl adjacent to an activating group) is 1. The van der Waals surface area contributed by atoms with Gasteiger partial charge in [0.05, 0.1) is 40.9 Å². The van der Waals surface area contributed by atoms with Gasteiger partial charge < -0.3 is 19.3 Å². The molecule has 0 aliphatic rings. The third-order valence-electron chi connectivity index (χ3n) is 3.09. The van der Waals surface area contributed by atoms with E-state index in [1.165, 1.54) is 5.56 Å². The summed E-state index contributed by atoms with van der Waals surface area (Å²) in [6.07, 6.45) is 0.391. The number of hydrogen-bond donors (Lipinski definition) is 1. The number of hydrogen-bond acceptors (Lipinski definition) is 3. The van der Waals surface area contributed by atoms with Crippen molar-refractivity contribution in [3.63, 3.8) is 0 Å². The maximum atomic E-state index is 11.6. The molecule has 0 radical (unpaired) electrons. The monoisotopic (exact) mass is 309 g/mol. The molecule has 124 valence electrons. The molecule has 0 heterocycles. The number of amides is 1. The highest BCUT2D eigenvalue weighted by atomic mass is 16.5. The van der Waals surface area contributed by atoms with Gasteiger partial charge in [-0.3, -0.25) is 4.79 Å². The maximum absolute atomic E-state index is 11.6. The largest absolute Gasteiger partial charge is 0.492 e. The van der Waals surface area contributed by atoms with Crippen LogP contribution in [-0.4, -0.2) is 64.4 Å². The lowest BCUT2D eigenvalue weighted by Gasteiger charge is -2.23. The molecule has 0 bridgehead atoms. The third kappa shape index (κ3) is 9.37. The Labute approximate surface area is 133 Å². The Morgan fingerprint density at radius 2 is 1.77 bits per heavy atom. The number of rotatable bonds is 10. The van der Waals surface area contributed by atoms with Crippen LogP contribution in [-0.2, 0) is 9.53 Å². The van der Waals surface area contributed by atoms with Crippen LogP contribution in [0.1, 0.15) is 12.0 Å². The maximum Gasteiger partial charge on any atom is 0.222 e. The van der Waals surface area contributed by atoms with E-state index in [1.54, 1.807) is 0 Å². The van der Waals surface area contributed by atoms with Crippen molar-refractivity contribution in [3.8, 4) is 5.75 Å². The van der Waals surface area contributed by atoms with Crippen LogP contribution in [0.25, 0.3) is 0 Å². The van der Waals surface area contributed by atoms with E-state index < -0.39 is 0 Å². The minimum atomic E-state index is -0.00208. The molecule has 0 aromatic heterocycles. The number of nitrogens with one attached hydrogen (secondary N) is 1. The van der Waals surface area contributed by atoms with E-state index in [0.717, 1.165) is 16.8 Å². The van der Waals surface area contributed by atoms with E-state index in [1.807, 2.05) is 31.2 Å². The molecule has 0 spiro atoms. The minimum absolute atomic E-state index is 0.00208. The first kappa shape index (κ1) is 18.5. The lowest BCUT2D eigenvalue weighted by molar-refractivity contribution is -0.870. The Bertz CT molecular complexity index is 438. The van der Waals surface area contributed by atoms with E-state index in [9.17, 15) is 4.79 Å². The van der Waals surface area contributed by atoms with Crippen LogP contribution in [0.3, 0.4) is 0 Å². The summed E-state index contributed by atoms with van der Waals surface area (Å²) in [5.41, 5.74) is 1.20. The quantitative estimate of drug-likeness (QED) is 0.527. The Balaban J connectivity index is 2.00. The molecule has 0 aliphatic carbocycles. The van der Waals surface area contributed by atoms with Gasteiger partial charge in [-0.1, -0.05) is 17.7 Å². The molecular weight excluding hydrogens is 280 g/mol. The average Bonchev–Trinajstić information content (AvgIpc) is 2.44. The predicted octanol–water partition coefficient (Wildman–Crippen LogP) is 1.60. The Morgan fingerprint density at radius 1 is 1.09 bits per heavy atom. The summed E-state index contributed by atoms with van der Waals surface area (Å²) in [5.74, 6) is 0.821. The first-order valence-corrected chi connectivity index (χ1v) is 7.71.